The van der Waals surface area contributed by atoms with Crippen LogP contribution in [0.1, 0.15) is 26.7 Å². The quantitative estimate of drug-likeness (QED) is 0.324. The molecule has 32 heavy (non-hydrogen) atoms. The van der Waals surface area contributed by atoms with Crippen molar-refractivity contribution in [2.24, 2.45) is 0 Å². The van der Waals surface area contributed by atoms with Gasteiger partial charge in [-0.3, -0.25) is 4.98 Å². The second-order valence-electron chi connectivity index (χ2n) is 7.00. The Labute approximate surface area is 195 Å². The third-order valence-corrected chi connectivity index (χ3v) is 5.78. The van der Waals surface area contributed by atoms with Gasteiger partial charge in [0.05, 0.1) is 34.1 Å². The lowest BCUT2D eigenvalue weighted by Crippen LogP contribution is -1.98. The van der Waals surface area contributed by atoms with Crippen LogP contribution in [0.2, 0.25) is 5.02 Å². The summed E-state index contributed by atoms with van der Waals surface area (Å²) >= 11 is 8.16. The minimum atomic E-state index is 0.476. The van der Waals surface area contributed by atoms with Crippen LogP contribution >= 0.6 is 22.9 Å². The summed E-state index contributed by atoms with van der Waals surface area (Å²) < 4.78 is 5.70. The number of rotatable bonds is 9. The van der Waals surface area contributed by atoms with Crippen LogP contribution in [0.25, 0.3) is 33.3 Å². The highest BCUT2D eigenvalue weighted by molar-refractivity contribution is 7.18. The molecule has 0 bridgehead atoms. The number of nitrogens with one attached hydrogen (secondary N) is 1. The van der Waals surface area contributed by atoms with E-state index >= 15 is 0 Å². The number of halogens is 1. The molecule has 9 heteroatoms. The molecule has 0 unspecified atom stereocenters. The molecule has 0 saturated carbocycles. The van der Waals surface area contributed by atoms with Crippen LogP contribution in [-0.4, -0.2) is 38.1 Å². The Morgan fingerprint density at radius 1 is 0.969 bits per heavy atom. The molecule has 4 rings (SSSR count). The molecule has 164 valence electrons. The number of hydrogen-bond donors (Lipinski definition) is 1. The molecule has 0 fully saturated rings. The molecule has 7 nitrogen and oxygen atoms in total. The first-order valence-corrected chi connectivity index (χ1v) is 11.7. The van der Waals surface area contributed by atoms with E-state index in [-0.39, 0.29) is 0 Å². The second kappa shape index (κ2) is 10.5. The van der Waals surface area contributed by atoms with Gasteiger partial charge in [0, 0.05) is 30.7 Å². The molecule has 0 radical (unpaired) electrons. The van der Waals surface area contributed by atoms with E-state index in [4.69, 9.17) is 26.3 Å². The minimum absolute atomic E-state index is 0.476. The number of aromatic nitrogens is 5. The predicted molar refractivity (Wildman–Crippen MR) is 129 cm³/mol. The maximum absolute atomic E-state index is 6.61. The number of anilines is 1. The molecule has 1 N–H and O–H groups in total. The lowest BCUT2D eigenvalue weighted by atomic mass is 10.1. The van der Waals surface area contributed by atoms with Crippen molar-refractivity contribution in [3.8, 4) is 39.1 Å². The van der Waals surface area contributed by atoms with Gasteiger partial charge < -0.3 is 10.1 Å². The summed E-state index contributed by atoms with van der Waals surface area (Å²) in [5.74, 6) is 1.21. The molecule has 1 aromatic carbocycles. The van der Waals surface area contributed by atoms with Crippen molar-refractivity contribution in [1.82, 2.24) is 24.9 Å². The summed E-state index contributed by atoms with van der Waals surface area (Å²) in [6, 6.07) is 7.56. The lowest BCUT2D eigenvalue weighted by Gasteiger charge is -2.10. The van der Waals surface area contributed by atoms with Crippen molar-refractivity contribution in [3.63, 3.8) is 0 Å². The molecular weight excluding hydrogens is 444 g/mol. The molecule has 0 saturated heterocycles. The molecule has 0 aliphatic rings. The number of ether oxygens (including phenoxy) is 1. The van der Waals surface area contributed by atoms with Crippen molar-refractivity contribution in [3.05, 3.63) is 54.1 Å². The third-order valence-electron chi connectivity index (χ3n) is 4.49. The Kier molecular flexibility index (Phi) is 7.24. The van der Waals surface area contributed by atoms with Crippen molar-refractivity contribution >= 4 is 28.1 Å². The predicted octanol–water partition coefficient (Wildman–Crippen LogP) is 5.99. The van der Waals surface area contributed by atoms with Crippen molar-refractivity contribution in [2.45, 2.75) is 26.7 Å². The molecule has 3 aromatic heterocycles. The van der Waals surface area contributed by atoms with Crippen LogP contribution in [0.4, 0.5) is 5.13 Å². The van der Waals surface area contributed by atoms with Gasteiger partial charge >= 0.3 is 0 Å². The van der Waals surface area contributed by atoms with Crippen LogP contribution in [0.5, 0.6) is 5.75 Å². The summed E-state index contributed by atoms with van der Waals surface area (Å²) in [4.78, 5) is 23.4. The highest BCUT2D eigenvalue weighted by atomic mass is 35.5. The van der Waals surface area contributed by atoms with Gasteiger partial charge in [-0.15, -0.1) is 0 Å². The standard InChI is InChI=1S/C23H23ClN6OS/c1-3-7-27-23-28-14-21(32-23)19-12-18(29-22(30-19)20-13-25-8-9-26-20)16-6-5-15(11-17(16)24)31-10-4-2/h5-6,8-9,11-14H,3-4,7,10H2,1-2H3,(H,27,28). The van der Waals surface area contributed by atoms with Gasteiger partial charge in [0.25, 0.3) is 0 Å². The van der Waals surface area contributed by atoms with Gasteiger partial charge in [0.15, 0.2) is 11.0 Å². The molecule has 0 aliphatic heterocycles. The largest absolute Gasteiger partial charge is 0.494 e. The molecular formula is C23H23ClN6OS. The zero-order valence-corrected chi connectivity index (χ0v) is 19.5. The van der Waals surface area contributed by atoms with Crippen molar-refractivity contribution in [1.29, 1.82) is 0 Å². The first-order valence-electron chi connectivity index (χ1n) is 10.5. The molecule has 4 aromatic rings. The Morgan fingerprint density at radius 3 is 2.59 bits per heavy atom. The van der Waals surface area contributed by atoms with Crippen LogP contribution in [-0.2, 0) is 0 Å². The van der Waals surface area contributed by atoms with E-state index in [1.807, 2.05) is 30.5 Å². The number of hydrogen-bond acceptors (Lipinski definition) is 8. The fourth-order valence-corrected chi connectivity index (χ4v) is 4.03. The molecule has 0 aliphatic carbocycles. The van der Waals surface area contributed by atoms with E-state index in [0.29, 0.717) is 28.8 Å². The lowest BCUT2D eigenvalue weighted by molar-refractivity contribution is 0.317. The zero-order valence-electron chi connectivity index (χ0n) is 17.9. The molecule has 0 amide bonds. The highest BCUT2D eigenvalue weighted by Crippen LogP contribution is 2.35. The Hall–Kier alpha value is -3.10. The highest BCUT2D eigenvalue weighted by Gasteiger charge is 2.15. The average molecular weight is 467 g/mol. The van der Waals surface area contributed by atoms with Crippen LogP contribution < -0.4 is 10.1 Å². The van der Waals surface area contributed by atoms with Crippen LogP contribution in [0.3, 0.4) is 0 Å². The monoisotopic (exact) mass is 466 g/mol. The summed E-state index contributed by atoms with van der Waals surface area (Å²) in [7, 11) is 0. The fourth-order valence-electron chi connectivity index (χ4n) is 2.96. The van der Waals surface area contributed by atoms with Gasteiger partial charge in [-0.05, 0) is 37.1 Å². The van der Waals surface area contributed by atoms with Crippen molar-refractivity contribution in [2.75, 3.05) is 18.5 Å². The Bertz CT molecular complexity index is 1180. The van der Waals surface area contributed by atoms with E-state index in [2.05, 4.69) is 34.1 Å². The topological polar surface area (TPSA) is 85.7 Å². The summed E-state index contributed by atoms with van der Waals surface area (Å²) in [5.41, 5.74) is 2.82. The van der Waals surface area contributed by atoms with Gasteiger partial charge in [-0.2, -0.15) is 0 Å². The van der Waals surface area contributed by atoms with Gasteiger partial charge in [0.2, 0.25) is 0 Å². The molecule has 3 heterocycles. The normalized spacial score (nSPS) is 10.8. The van der Waals surface area contributed by atoms with E-state index in [1.54, 1.807) is 29.9 Å². The number of thiazole rings is 1. The van der Waals surface area contributed by atoms with Gasteiger partial charge in [-0.25, -0.2) is 19.9 Å². The summed E-state index contributed by atoms with van der Waals surface area (Å²) in [5, 5.41) is 4.73. The first kappa shape index (κ1) is 22.1. The average Bonchev–Trinajstić information content (AvgIpc) is 3.31. The van der Waals surface area contributed by atoms with E-state index in [9.17, 15) is 0 Å². The van der Waals surface area contributed by atoms with E-state index in [1.165, 1.54) is 0 Å². The Balaban J connectivity index is 1.77. The zero-order chi connectivity index (χ0) is 22.3. The van der Waals surface area contributed by atoms with Gasteiger partial charge in [-0.1, -0.05) is 36.8 Å². The molecule has 0 spiro atoms. The fraction of sp³-hybridized carbons (Fsp3) is 0.261. The summed E-state index contributed by atoms with van der Waals surface area (Å²) in [6.45, 7) is 5.70. The smallest absolute Gasteiger partial charge is 0.183 e. The first-order chi connectivity index (χ1) is 15.7. The van der Waals surface area contributed by atoms with Crippen LogP contribution in [0.15, 0.2) is 49.1 Å². The van der Waals surface area contributed by atoms with E-state index in [0.717, 1.165) is 46.4 Å². The van der Waals surface area contributed by atoms with Crippen molar-refractivity contribution < 1.29 is 4.74 Å². The maximum atomic E-state index is 6.61. The number of benzene rings is 1. The van der Waals surface area contributed by atoms with E-state index < -0.39 is 0 Å². The van der Waals surface area contributed by atoms with Crippen LogP contribution in [0, 0.1) is 0 Å². The maximum Gasteiger partial charge on any atom is 0.183 e. The van der Waals surface area contributed by atoms with Gasteiger partial charge in [0.1, 0.15) is 11.4 Å². The minimum Gasteiger partial charge on any atom is -0.494 e. The Morgan fingerprint density at radius 2 is 1.84 bits per heavy atom. The SMILES string of the molecule is CCCNc1ncc(-c2cc(-c3ccc(OCCC)cc3Cl)nc(-c3cnccn3)n2)s1. The number of nitrogens with zero attached hydrogens (tertiary/aromatic N) is 5. The third kappa shape index (κ3) is 5.20. The second-order valence-corrected chi connectivity index (χ2v) is 8.44. The summed E-state index contributed by atoms with van der Waals surface area (Å²) in [6.07, 6.45) is 8.66. The molecule has 0 atom stereocenters.